The Kier molecular flexibility index (Phi) is 6.78. The van der Waals surface area contributed by atoms with Crippen LogP contribution in [-0.2, 0) is 14.4 Å². The van der Waals surface area contributed by atoms with Gasteiger partial charge in [0.25, 0.3) is 11.8 Å². The van der Waals surface area contributed by atoms with Gasteiger partial charge in [-0.1, -0.05) is 46.4 Å². The van der Waals surface area contributed by atoms with E-state index in [0.29, 0.717) is 32.1 Å². The van der Waals surface area contributed by atoms with E-state index in [1.54, 1.807) is 60.7 Å². The molecule has 3 aromatic carbocycles. The number of hydrazine groups is 1. The second-order valence-corrected chi connectivity index (χ2v) is 9.58. The van der Waals surface area contributed by atoms with Gasteiger partial charge in [0.05, 0.1) is 28.5 Å². The van der Waals surface area contributed by atoms with E-state index in [1.165, 1.54) is 23.0 Å². The van der Waals surface area contributed by atoms with Crippen molar-refractivity contribution in [2.75, 3.05) is 15.3 Å². The lowest BCUT2D eigenvalue weighted by molar-refractivity contribution is -0.137. The molecule has 4 rings (SSSR count). The Bertz CT molecular complexity index is 1220. The highest BCUT2D eigenvalue weighted by atomic mass is 35.5. The van der Waals surface area contributed by atoms with Crippen molar-refractivity contribution >= 4 is 81.2 Å². The van der Waals surface area contributed by atoms with Crippen LogP contribution in [0.25, 0.3) is 0 Å². The molecule has 174 valence electrons. The average molecular weight is 537 g/mol. The molecule has 0 saturated carbocycles. The molecule has 0 atom stereocenters. The molecule has 0 aromatic heterocycles. The summed E-state index contributed by atoms with van der Waals surface area (Å²) in [6.45, 7) is 1.44. The van der Waals surface area contributed by atoms with Crippen LogP contribution < -0.4 is 15.3 Å². The highest BCUT2D eigenvalue weighted by Crippen LogP contribution is 2.41. The number of anilines is 3. The maximum atomic E-state index is 13.7. The Morgan fingerprint density at radius 3 is 1.65 bits per heavy atom. The standard InChI is InChI=1S/C24H17Cl4N3O3/c1-24(13-21(32)29-20-11-6-16(27)12-19(20)28)22(33)30(17-7-2-14(25)3-8-17)31(23(24)34)18-9-4-15(26)5-10-18/h2-12H,13H2,1H3,(H,29,32). The molecule has 3 amide bonds. The van der Waals surface area contributed by atoms with Gasteiger partial charge in [0, 0.05) is 15.1 Å². The Hall–Kier alpha value is -2.77. The SMILES string of the molecule is CC1(CC(=O)Nc2ccc(Cl)cc2Cl)C(=O)N(c2ccc(Cl)cc2)N(c2ccc(Cl)cc2)C1=O. The zero-order chi connectivity index (χ0) is 24.6. The summed E-state index contributed by atoms with van der Waals surface area (Å²) in [7, 11) is 0. The van der Waals surface area contributed by atoms with Crippen molar-refractivity contribution in [3.05, 3.63) is 86.8 Å². The zero-order valence-electron chi connectivity index (χ0n) is 17.7. The maximum Gasteiger partial charge on any atom is 0.262 e. The first-order chi connectivity index (χ1) is 16.1. The fraction of sp³-hybridized carbons (Fsp3) is 0.125. The smallest absolute Gasteiger partial charge is 0.262 e. The van der Waals surface area contributed by atoms with Crippen molar-refractivity contribution in [2.45, 2.75) is 13.3 Å². The fourth-order valence-electron chi connectivity index (χ4n) is 3.63. The van der Waals surface area contributed by atoms with E-state index in [2.05, 4.69) is 5.32 Å². The molecule has 0 bridgehead atoms. The molecule has 1 aliphatic rings. The average Bonchev–Trinajstić information content (AvgIpc) is 2.98. The number of nitrogens with zero attached hydrogens (tertiary/aromatic N) is 2. The van der Waals surface area contributed by atoms with Gasteiger partial charge in [-0.3, -0.25) is 14.4 Å². The summed E-state index contributed by atoms with van der Waals surface area (Å²) in [4.78, 5) is 40.2. The Labute approximate surface area is 215 Å². The van der Waals surface area contributed by atoms with Gasteiger partial charge in [-0.15, -0.1) is 0 Å². The third kappa shape index (κ3) is 4.59. The van der Waals surface area contributed by atoms with Gasteiger partial charge in [-0.05, 0) is 73.7 Å². The summed E-state index contributed by atoms with van der Waals surface area (Å²) in [5.41, 5.74) is -0.519. The fourth-order valence-corrected chi connectivity index (χ4v) is 4.34. The van der Waals surface area contributed by atoms with E-state index in [-0.39, 0.29) is 5.02 Å². The minimum atomic E-state index is -1.68. The number of amides is 3. The van der Waals surface area contributed by atoms with Gasteiger partial charge >= 0.3 is 0 Å². The number of halogens is 4. The first-order valence-corrected chi connectivity index (χ1v) is 11.6. The Balaban J connectivity index is 1.69. The third-order valence-electron chi connectivity index (χ3n) is 5.39. The first kappa shape index (κ1) is 24.4. The molecule has 1 fully saturated rings. The minimum absolute atomic E-state index is 0.237. The van der Waals surface area contributed by atoms with Crippen LogP contribution in [-0.4, -0.2) is 17.7 Å². The number of benzene rings is 3. The van der Waals surface area contributed by atoms with E-state index >= 15 is 0 Å². The zero-order valence-corrected chi connectivity index (χ0v) is 20.7. The molecule has 0 radical (unpaired) electrons. The second kappa shape index (κ2) is 9.47. The molecule has 3 aromatic rings. The molecular weight excluding hydrogens is 520 g/mol. The second-order valence-electron chi connectivity index (χ2n) is 7.87. The van der Waals surface area contributed by atoms with Crippen LogP contribution in [0.5, 0.6) is 0 Å². The molecule has 1 N–H and O–H groups in total. The Morgan fingerprint density at radius 2 is 1.21 bits per heavy atom. The number of nitrogens with one attached hydrogen (secondary N) is 1. The summed E-state index contributed by atoms with van der Waals surface area (Å²) in [5, 5.41) is 6.72. The number of hydrogen-bond donors (Lipinski definition) is 1. The molecule has 0 aliphatic carbocycles. The molecule has 34 heavy (non-hydrogen) atoms. The maximum absolute atomic E-state index is 13.7. The summed E-state index contributed by atoms with van der Waals surface area (Å²) in [6, 6.07) is 17.5. The van der Waals surface area contributed by atoms with Gasteiger partial charge < -0.3 is 5.32 Å². The molecule has 1 saturated heterocycles. The first-order valence-electron chi connectivity index (χ1n) is 10.1. The highest BCUT2D eigenvalue weighted by molar-refractivity contribution is 6.37. The lowest BCUT2D eigenvalue weighted by Crippen LogP contribution is -2.41. The van der Waals surface area contributed by atoms with E-state index < -0.39 is 29.6 Å². The molecule has 0 unspecified atom stereocenters. The summed E-state index contributed by atoms with van der Waals surface area (Å²) >= 11 is 24.1. The molecular formula is C24H17Cl4N3O3. The largest absolute Gasteiger partial charge is 0.325 e. The van der Waals surface area contributed by atoms with Gasteiger partial charge in [0.15, 0.2) is 0 Å². The lowest BCUT2D eigenvalue weighted by atomic mass is 9.85. The van der Waals surface area contributed by atoms with Gasteiger partial charge in [0.2, 0.25) is 5.91 Å². The molecule has 0 spiro atoms. The Morgan fingerprint density at radius 1 is 0.765 bits per heavy atom. The van der Waals surface area contributed by atoms with Crippen LogP contribution in [0.3, 0.4) is 0 Å². The van der Waals surface area contributed by atoms with Crippen molar-refractivity contribution in [3.63, 3.8) is 0 Å². The normalized spacial score (nSPS) is 15.1. The van der Waals surface area contributed by atoms with Crippen LogP contribution in [0, 0.1) is 5.41 Å². The van der Waals surface area contributed by atoms with Crippen LogP contribution in [0.15, 0.2) is 66.7 Å². The summed E-state index contributed by atoms with van der Waals surface area (Å²) < 4.78 is 0. The van der Waals surface area contributed by atoms with Crippen LogP contribution in [0.1, 0.15) is 13.3 Å². The van der Waals surface area contributed by atoms with Crippen molar-refractivity contribution in [1.29, 1.82) is 0 Å². The molecule has 6 nitrogen and oxygen atoms in total. The number of hydrogen-bond acceptors (Lipinski definition) is 3. The van der Waals surface area contributed by atoms with Crippen molar-refractivity contribution in [2.24, 2.45) is 5.41 Å². The third-order valence-corrected chi connectivity index (χ3v) is 6.44. The topological polar surface area (TPSA) is 69.7 Å². The van der Waals surface area contributed by atoms with E-state index in [1.807, 2.05) is 0 Å². The summed E-state index contributed by atoms with van der Waals surface area (Å²) in [6.07, 6.45) is -0.405. The van der Waals surface area contributed by atoms with E-state index in [0.717, 1.165) is 0 Å². The van der Waals surface area contributed by atoms with Gasteiger partial charge in [-0.25, -0.2) is 10.0 Å². The number of carbonyl (C=O) groups excluding carboxylic acids is 3. The van der Waals surface area contributed by atoms with Gasteiger partial charge in [0.1, 0.15) is 5.41 Å². The summed E-state index contributed by atoms with van der Waals surface area (Å²) in [5.74, 6) is -1.68. The van der Waals surface area contributed by atoms with Gasteiger partial charge in [-0.2, -0.15) is 0 Å². The monoisotopic (exact) mass is 535 g/mol. The van der Waals surface area contributed by atoms with Crippen LogP contribution in [0.4, 0.5) is 17.1 Å². The molecule has 1 heterocycles. The van der Waals surface area contributed by atoms with E-state index in [9.17, 15) is 14.4 Å². The number of carbonyl (C=O) groups is 3. The van der Waals surface area contributed by atoms with Crippen molar-refractivity contribution in [1.82, 2.24) is 0 Å². The highest BCUT2D eigenvalue weighted by Gasteiger charge is 2.57. The number of rotatable bonds is 5. The molecule has 10 heteroatoms. The van der Waals surface area contributed by atoms with Crippen LogP contribution >= 0.6 is 46.4 Å². The molecule has 1 aliphatic heterocycles. The predicted octanol–water partition coefficient (Wildman–Crippen LogP) is 6.63. The minimum Gasteiger partial charge on any atom is -0.325 e. The lowest BCUT2D eigenvalue weighted by Gasteiger charge is -2.27. The van der Waals surface area contributed by atoms with E-state index in [4.69, 9.17) is 46.4 Å². The van der Waals surface area contributed by atoms with Crippen molar-refractivity contribution in [3.8, 4) is 0 Å². The van der Waals surface area contributed by atoms with Crippen molar-refractivity contribution < 1.29 is 14.4 Å². The predicted molar refractivity (Wildman–Crippen MR) is 136 cm³/mol. The quantitative estimate of drug-likeness (QED) is 0.372. The van der Waals surface area contributed by atoms with Crippen LogP contribution in [0.2, 0.25) is 20.1 Å².